The summed E-state index contributed by atoms with van der Waals surface area (Å²) in [5.74, 6) is -0.243. The van der Waals surface area contributed by atoms with Gasteiger partial charge in [-0.25, -0.2) is 8.42 Å². The summed E-state index contributed by atoms with van der Waals surface area (Å²) in [6.07, 6.45) is 0.809. The van der Waals surface area contributed by atoms with Gasteiger partial charge in [0.2, 0.25) is 0 Å². The van der Waals surface area contributed by atoms with Crippen molar-refractivity contribution in [1.29, 1.82) is 5.26 Å². The molecule has 2 aromatic rings. The number of carbonyl (C=O) groups excluding carboxylic acids is 1. The zero-order chi connectivity index (χ0) is 18.4. The van der Waals surface area contributed by atoms with Gasteiger partial charge in [-0.15, -0.1) is 0 Å². The Balaban J connectivity index is 2.17. The molecule has 0 aliphatic heterocycles. The van der Waals surface area contributed by atoms with Crippen molar-refractivity contribution in [1.82, 2.24) is 5.32 Å². The topological polar surface area (TPSA) is 99.1 Å². The molecule has 2 N–H and O–H groups in total. The standard InChI is InChI=1S/C18H19N3O3S/c1-3-13(2)20-18(22)15-7-9-17(10-8-15)25(23,24)21-16-6-4-5-14(11-16)12-19/h4-11,13,21H,3H2,1-2H3,(H,20,22). The number of hydrogen-bond donors (Lipinski definition) is 2. The van der Waals surface area contributed by atoms with E-state index in [1.54, 1.807) is 18.2 Å². The second-order valence-electron chi connectivity index (χ2n) is 5.61. The molecule has 2 rings (SSSR count). The number of nitriles is 1. The quantitative estimate of drug-likeness (QED) is 0.830. The van der Waals surface area contributed by atoms with Gasteiger partial charge in [-0.1, -0.05) is 13.0 Å². The van der Waals surface area contributed by atoms with Gasteiger partial charge in [0.1, 0.15) is 0 Å². The Bertz CT molecular complexity index is 900. The molecule has 0 aromatic heterocycles. The molecule has 0 aliphatic rings. The number of carbonyl (C=O) groups is 1. The van der Waals surface area contributed by atoms with E-state index in [1.165, 1.54) is 30.3 Å². The first-order chi connectivity index (χ1) is 11.9. The van der Waals surface area contributed by atoms with Crippen LogP contribution in [0.25, 0.3) is 0 Å². The average Bonchev–Trinajstić information content (AvgIpc) is 2.61. The third-order valence-electron chi connectivity index (χ3n) is 3.66. The molecule has 1 atom stereocenters. The second-order valence-corrected chi connectivity index (χ2v) is 7.29. The van der Waals surface area contributed by atoms with Crippen LogP contribution in [-0.2, 0) is 10.0 Å². The van der Waals surface area contributed by atoms with Gasteiger partial charge >= 0.3 is 0 Å². The molecule has 0 saturated heterocycles. The molecule has 130 valence electrons. The third-order valence-corrected chi connectivity index (χ3v) is 5.06. The van der Waals surface area contributed by atoms with Crippen molar-refractivity contribution in [2.24, 2.45) is 0 Å². The number of benzene rings is 2. The fourth-order valence-electron chi connectivity index (χ4n) is 2.06. The van der Waals surface area contributed by atoms with E-state index in [9.17, 15) is 13.2 Å². The summed E-state index contributed by atoms with van der Waals surface area (Å²) in [5.41, 5.74) is 1.06. The summed E-state index contributed by atoms with van der Waals surface area (Å²) >= 11 is 0. The minimum atomic E-state index is -3.80. The molecule has 1 unspecified atom stereocenters. The minimum Gasteiger partial charge on any atom is -0.350 e. The van der Waals surface area contributed by atoms with Crippen LogP contribution in [0, 0.1) is 11.3 Å². The summed E-state index contributed by atoms with van der Waals surface area (Å²) in [7, 11) is -3.80. The first kappa shape index (κ1) is 18.5. The molecule has 0 saturated carbocycles. The minimum absolute atomic E-state index is 0.0370. The summed E-state index contributed by atoms with van der Waals surface area (Å²) < 4.78 is 27.2. The first-order valence-electron chi connectivity index (χ1n) is 7.79. The first-order valence-corrected chi connectivity index (χ1v) is 9.28. The van der Waals surface area contributed by atoms with Crippen LogP contribution in [0.2, 0.25) is 0 Å². The number of nitrogens with zero attached hydrogens (tertiary/aromatic N) is 1. The van der Waals surface area contributed by atoms with Crippen LogP contribution in [0.1, 0.15) is 36.2 Å². The average molecular weight is 357 g/mol. The third kappa shape index (κ3) is 4.81. The Labute approximate surface area is 147 Å². The van der Waals surface area contributed by atoms with Gasteiger partial charge in [-0.3, -0.25) is 9.52 Å². The highest BCUT2D eigenvalue weighted by Gasteiger charge is 2.16. The number of anilines is 1. The maximum Gasteiger partial charge on any atom is 0.261 e. The van der Waals surface area contributed by atoms with E-state index in [-0.39, 0.29) is 16.8 Å². The van der Waals surface area contributed by atoms with E-state index in [0.717, 1.165) is 6.42 Å². The molecule has 7 heteroatoms. The van der Waals surface area contributed by atoms with Gasteiger partial charge in [-0.2, -0.15) is 5.26 Å². The monoisotopic (exact) mass is 357 g/mol. The van der Waals surface area contributed by atoms with Crippen LogP contribution < -0.4 is 10.0 Å². The van der Waals surface area contributed by atoms with Gasteiger partial charge in [0.25, 0.3) is 15.9 Å². The maximum absolute atomic E-state index is 12.4. The number of nitrogens with one attached hydrogen (secondary N) is 2. The summed E-state index contributed by atoms with van der Waals surface area (Å²) in [4.78, 5) is 12.1. The molecule has 0 bridgehead atoms. The van der Waals surface area contributed by atoms with Gasteiger partial charge in [-0.05, 0) is 55.8 Å². The zero-order valence-electron chi connectivity index (χ0n) is 14.0. The van der Waals surface area contributed by atoms with E-state index in [4.69, 9.17) is 5.26 Å². The SMILES string of the molecule is CCC(C)NC(=O)c1ccc(S(=O)(=O)Nc2cccc(C#N)c2)cc1. The predicted molar refractivity (Wildman–Crippen MR) is 95.6 cm³/mol. The highest BCUT2D eigenvalue weighted by atomic mass is 32.2. The Hall–Kier alpha value is -2.85. The summed E-state index contributed by atoms with van der Waals surface area (Å²) in [5, 5.41) is 11.7. The van der Waals surface area contributed by atoms with E-state index in [0.29, 0.717) is 16.8 Å². The Kier molecular flexibility index (Phi) is 5.78. The number of amides is 1. The van der Waals surface area contributed by atoms with Crippen LogP contribution in [0.15, 0.2) is 53.4 Å². The van der Waals surface area contributed by atoms with E-state index in [2.05, 4.69) is 10.0 Å². The number of rotatable bonds is 6. The van der Waals surface area contributed by atoms with Crippen LogP contribution in [-0.4, -0.2) is 20.4 Å². The maximum atomic E-state index is 12.4. The molecule has 0 heterocycles. The number of sulfonamides is 1. The van der Waals surface area contributed by atoms with E-state index >= 15 is 0 Å². The molecule has 0 fully saturated rings. The lowest BCUT2D eigenvalue weighted by atomic mass is 10.2. The van der Waals surface area contributed by atoms with E-state index in [1.807, 2.05) is 19.9 Å². The highest BCUT2D eigenvalue weighted by Crippen LogP contribution is 2.17. The lowest BCUT2D eigenvalue weighted by molar-refractivity contribution is 0.0939. The van der Waals surface area contributed by atoms with E-state index < -0.39 is 10.0 Å². The van der Waals surface area contributed by atoms with Crippen molar-refractivity contribution in [3.05, 3.63) is 59.7 Å². The van der Waals surface area contributed by atoms with Crippen molar-refractivity contribution < 1.29 is 13.2 Å². The molecule has 6 nitrogen and oxygen atoms in total. The largest absolute Gasteiger partial charge is 0.350 e. The van der Waals surface area contributed by atoms with Gasteiger partial charge in [0.15, 0.2) is 0 Å². The van der Waals surface area contributed by atoms with Crippen molar-refractivity contribution in [2.75, 3.05) is 4.72 Å². The lowest BCUT2D eigenvalue weighted by Crippen LogP contribution is -2.31. The molecule has 1 amide bonds. The smallest absolute Gasteiger partial charge is 0.261 e. The molecular weight excluding hydrogens is 338 g/mol. The zero-order valence-corrected chi connectivity index (χ0v) is 14.8. The molecule has 2 aromatic carbocycles. The van der Waals surface area contributed by atoms with Gasteiger partial charge in [0, 0.05) is 11.6 Å². The Morgan fingerprint density at radius 1 is 1.20 bits per heavy atom. The van der Waals surface area contributed by atoms with Gasteiger partial charge in [0.05, 0.1) is 22.2 Å². The van der Waals surface area contributed by atoms with Crippen LogP contribution in [0.3, 0.4) is 0 Å². The molecule has 0 aliphatic carbocycles. The number of hydrogen-bond acceptors (Lipinski definition) is 4. The normalized spacial score (nSPS) is 12.0. The van der Waals surface area contributed by atoms with Gasteiger partial charge < -0.3 is 5.32 Å². The summed E-state index contributed by atoms with van der Waals surface area (Å²) in [6, 6.07) is 13.9. The van der Waals surface area contributed by atoms with Crippen LogP contribution in [0.4, 0.5) is 5.69 Å². The van der Waals surface area contributed by atoms with Crippen molar-refractivity contribution in [2.45, 2.75) is 31.2 Å². The van der Waals surface area contributed by atoms with Crippen molar-refractivity contribution >= 4 is 21.6 Å². The second kappa shape index (κ2) is 7.81. The van der Waals surface area contributed by atoms with Crippen molar-refractivity contribution in [3.63, 3.8) is 0 Å². The Morgan fingerprint density at radius 3 is 2.48 bits per heavy atom. The predicted octanol–water partition coefficient (Wildman–Crippen LogP) is 2.89. The highest BCUT2D eigenvalue weighted by molar-refractivity contribution is 7.92. The lowest BCUT2D eigenvalue weighted by Gasteiger charge is -2.12. The van der Waals surface area contributed by atoms with Crippen LogP contribution >= 0.6 is 0 Å². The Morgan fingerprint density at radius 2 is 1.88 bits per heavy atom. The fourth-order valence-corrected chi connectivity index (χ4v) is 3.11. The van der Waals surface area contributed by atoms with Crippen LogP contribution in [0.5, 0.6) is 0 Å². The molecule has 0 spiro atoms. The van der Waals surface area contributed by atoms with Crippen molar-refractivity contribution in [3.8, 4) is 6.07 Å². The molecular formula is C18H19N3O3S. The molecule has 0 radical (unpaired) electrons. The summed E-state index contributed by atoms with van der Waals surface area (Å²) in [6.45, 7) is 3.86. The fraction of sp³-hybridized carbons (Fsp3) is 0.222. The molecule has 25 heavy (non-hydrogen) atoms.